The first-order valence-electron chi connectivity index (χ1n) is 9.63. The normalized spacial score (nSPS) is 23.6. The van der Waals surface area contributed by atoms with E-state index in [-0.39, 0.29) is 18.1 Å². The van der Waals surface area contributed by atoms with Crippen molar-refractivity contribution in [1.29, 1.82) is 5.26 Å². The molecule has 3 aliphatic heterocycles. The number of carbonyl (C=O) groups is 1. The van der Waals surface area contributed by atoms with E-state index in [1.807, 2.05) is 23.1 Å². The van der Waals surface area contributed by atoms with E-state index in [0.29, 0.717) is 0 Å². The average molecular weight is 375 g/mol. The summed E-state index contributed by atoms with van der Waals surface area (Å²) in [5.74, 6) is 0. The number of para-hydroxylation sites is 1. The minimum atomic E-state index is 0.161. The standard InChI is InChI=1S/C22H21N3OS/c23-14-19-9-10-21(27-19)16-12-17-7-8-18(13-16)25(17)22(26)24-11-3-5-15-4-1-2-6-20(15)24/h1-2,4,6,9-10,12,17-18H,3,5,7-8,11,13H2. The summed E-state index contributed by atoms with van der Waals surface area (Å²) in [4.78, 5) is 19.5. The third-order valence-electron chi connectivity index (χ3n) is 5.99. The summed E-state index contributed by atoms with van der Waals surface area (Å²) in [6.45, 7) is 0.804. The van der Waals surface area contributed by atoms with Crippen molar-refractivity contribution < 1.29 is 4.79 Å². The van der Waals surface area contributed by atoms with Gasteiger partial charge in [-0.15, -0.1) is 11.3 Å². The van der Waals surface area contributed by atoms with Crippen molar-refractivity contribution in [2.45, 2.75) is 44.2 Å². The van der Waals surface area contributed by atoms with Gasteiger partial charge in [-0.2, -0.15) is 5.26 Å². The van der Waals surface area contributed by atoms with E-state index in [2.05, 4.69) is 35.2 Å². The highest BCUT2D eigenvalue weighted by atomic mass is 32.1. The Morgan fingerprint density at radius 2 is 2.07 bits per heavy atom. The van der Waals surface area contributed by atoms with Crippen LogP contribution in [0.2, 0.25) is 0 Å². The van der Waals surface area contributed by atoms with Crippen LogP contribution < -0.4 is 4.90 Å². The van der Waals surface area contributed by atoms with Crippen molar-refractivity contribution in [2.24, 2.45) is 0 Å². The molecule has 1 saturated heterocycles. The number of nitrogens with zero attached hydrogens (tertiary/aromatic N) is 3. The predicted molar refractivity (Wildman–Crippen MR) is 108 cm³/mol. The maximum atomic E-state index is 13.5. The monoisotopic (exact) mass is 375 g/mol. The van der Waals surface area contributed by atoms with Gasteiger partial charge in [0.1, 0.15) is 10.9 Å². The lowest BCUT2D eigenvalue weighted by atomic mass is 9.99. The van der Waals surface area contributed by atoms with E-state index in [1.165, 1.54) is 16.0 Å². The molecule has 0 radical (unpaired) electrons. The van der Waals surface area contributed by atoms with Gasteiger partial charge >= 0.3 is 6.03 Å². The van der Waals surface area contributed by atoms with Crippen LogP contribution >= 0.6 is 11.3 Å². The first-order chi connectivity index (χ1) is 13.2. The number of hydrogen-bond donors (Lipinski definition) is 0. The molecule has 2 bridgehead atoms. The number of thiophene rings is 1. The summed E-state index contributed by atoms with van der Waals surface area (Å²) in [6, 6.07) is 15.1. The summed E-state index contributed by atoms with van der Waals surface area (Å²) < 4.78 is 0. The van der Waals surface area contributed by atoms with Crippen LogP contribution in [0, 0.1) is 11.3 Å². The molecule has 136 valence electrons. The Morgan fingerprint density at radius 1 is 1.19 bits per heavy atom. The van der Waals surface area contributed by atoms with Gasteiger partial charge in [0.05, 0.1) is 6.04 Å². The van der Waals surface area contributed by atoms with Crippen LogP contribution in [-0.2, 0) is 6.42 Å². The van der Waals surface area contributed by atoms with Gasteiger partial charge in [-0.25, -0.2) is 4.79 Å². The van der Waals surface area contributed by atoms with E-state index in [1.54, 1.807) is 11.3 Å². The van der Waals surface area contributed by atoms with E-state index < -0.39 is 0 Å². The topological polar surface area (TPSA) is 47.3 Å². The molecule has 3 aliphatic rings. The number of anilines is 1. The number of urea groups is 1. The van der Waals surface area contributed by atoms with E-state index in [0.717, 1.165) is 49.2 Å². The van der Waals surface area contributed by atoms with Crippen molar-refractivity contribution in [2.75, 3.05) is 11.4 Å². The summed E-state index contributed by atoms with van der Waals surface area (Å²) in [5, 5.41) is 9.09. The molecule has 0 spiro atoms. The van der Waals surface area contributed by atoms with Gasteiger partial charge in [-0.3, -0.25) is 4.90 Å². The van der Waals surface area contributed by atoms with Crippen molar-refractivity contribution in [3.63, 3.8) is 0 Å². The molecule has 4 heterocycles. The van der Waals surface area contributed by atoms with E-state index in [4.69, 9.17) is 5.26 Å². The fraction of sp³-hybridized carbons (Fsp3) is 0.364. The Bertz CT molecular complexity index is 970. The lowest BCUT2D eigenvalue weighted by Gasteiger charge is -2.39. The molecule has 2 atom stereocenters. The molecule has 2 aromatic rings. The van der Waals surface area contributed by atoms with Crippen molar-refractivity contribution in [1.82, 2.24) is 4.90 Å². The number of carbonyl (C=O) groups excluding carboxylic acids is 1. The number of aryl methyl sites for hydroxylation is 1. The molecule has 0 saturated carbocycles. The molecule has 5 rings (SSSR count). The third kappa shape index (κ3) is 2.76. The Balaban J connectivity index is 1.43. The van der Waals surface area contributed by atoms with Crippen molar-refractivity contribution in [3.05, 3.63) is 57.8 Å². The molecule has 1 fully saturated rings. The summed E-state index contributed by atoms with van der Waals surface area (Å²) in [7, 11) is 0. The van der Waals surface area contributed by atoms with Gasteiger partial charge in [0.2, 0.25) is 0 Å². The molecule has 1 aromatic heterocycles. The molecule has 2 amide bonds. The molecule has 5 heteroatoms. The number of hydrogen-bond acceptors (Lipinski definition) is 3. The second-order valence-corrected chi connectivity index (χ2v) is 8.63. The summed E-state index contributed by atoms with van der Waals surface area (Å²) >= 11 is 1.56. The van der Waals surface area contributed by atoms with Crippen LogP contribution in [0.4, 0.5) is 10.5 Å². The van der Waals surface area contributed by atoms with Crippen LogP contribution in [0.1, 0.15) is 41.0 Å². The summed E-state index contributed by atoms with van der Waals surface area (Å²) in [6.07, 6.45) is 7.33. The van der Waals surface area contributed by atoms with Gasteiger partial charge < -0.3 is 4.90 Å². The molecule has 1 aromatic carbocycles. The van der Waals surface area contributed by atoms with Crippen LogP contribution in [0.25, 0.3) is 5.57 Å². The van der Waals surface area contributed by atoms with Crippen molar-refractivity contribution in [3.8, 4) is 6.07 Å². The largest absolute Gasteiger partial charge is 0.325 e. The third-order valence-corrected chi connectivity index (χ3v) is 7.06. The maximum Gasteiger partial charge on any atom is 0.325 e. The molecule has 27 heavy (non-hydrogen) atoms. The average Bonchev–Trinajstić information content (AvgIpc) is 3.29. The quantitative estimate of drug-likeness (QED) is 0.718. The number of nitriles is 1. The first-order valence-corrected chi connectivity index (χ1v) is 10.4. The Kier molecular flexibility index (Phi) is 4.02. The van der Waals surface area contributed by atoms with Gasteiger partial charge in [0.15, 0.2) is 0 Å². The molecular formula is C22H21N3OS. The van der Waals surface area contributed by atoms with Crippen LogP contribution in [0.3, 0.4) is 0 Å². The molecule has 0 aliphatic carbocycles. The van der Waals surface area contributed by atoms with E-state index in [9.17, 15) is 4.79 Å². The van der Waals surface area contributed by atoms with Crippen molar-refractivity contribution >= 4 is 28.6 Å². The smallest absolute Gasteiger partial charge is 0.315 e. The van der Waals surface area contributed by atoms with Crippen LogP contribution in [0.15, 0.2) is 42.5 Å². The zero-order valence-corrected chi connectivity index (χ0v) is 15.9. The Hall–Kier alpha value is -2.58. The molecule has 2 unspecified atom stereocenters. The highest BCUT2D eigenvalue weighted by molar-refractivity contribution is 7.13. The second-order valence-electron chi connectivity index (χ2n) is 7.54. The zero-order valence-electron chi connectivity index (χ0n) is 15.1. The lowest BCUT2D eigenvalue weighted by molar-refractivity contribution is 0.186. The fourth-order valence-electron chi connectivity index (χ4n) is 4.75. The Morgan fingerprint density at radius 3 is 2.89 bits per heavy atom. The minimum absolute atomic E-state index is 0.161. The SMILES string of the molecule is N#Cc1ccc(C2=CC3CCC(C2)N3C(=O)N2CCCc3ccccc32)s1. The number of fused-ring (bicyclic) bond motifs is 3. The van der Waals surface area contributed by atoms with Gasteiger partial charge in [-0.05, 0) is 61.4 Å². The molecule has 0 N–H and O–H groups in total. The van der Waals surface area contributed by atoms with E-state index >= 15 is 0 Å². The first kappa shape index (κ1) is 16.6. The highest BCUT2D eigenvalue weighted by Crippen LogP contribution is 2.41. The van der Waals surface area contributed by atoms with Gasteiger partial charge in [0.25, 0.3) is 0 Å². The summed E-state index contributed by atoms with van der Waals surface area (Å²) in [5.41, 5.74) is 3.66. The highest BCUT2D eigenvalue weighted by Gasteiger charge is 2.42. The Labute approximate surface area is 163 Å². The zero-order chi connectivity index (χ0) is 18.4. The number of benzene rings is 1. The van der Waals surface area contributed by atoms with Gasteiger partial charge in [0, 0.05) is 23.2 Å². The number of rotatable bonds is 1. The number of amides is 2. The maximum absolute atomic E-state index is 13.5. The molecular weight excluding hydrogens is 354 g/mol. The predicted octanol–water partition coefficient (Wildman–Crippen LogP) is 4.81. The lowest BCUT2D eigenvalue weighted by Crippen LogP contribution is -2.51. The minimum Gasteiger partial charge on any atom is -0.315 e. The van der Waals surface area contributed by atoms with Crippen LogP contribution in [0.5, 0.6) is 0 Å². The van der Waals surface area contributed by atoms with Crippen LogP contribution in [-0.4, -0.2) is 29.6 Å². The second kappa shape index (κ2) is 6.54. The fourth-order valence-corrected chi connectivity index (χ4v) is 5.59. The molecule has 4 nitrogen and oxygen atoms in total. The van der Waals surface area contributed by atoms with Gasteiger partial charge in [-0.1, -0.05) is 24.3 Å².